The predicted octanol–water partition coefficient (Wildman–Crippen LogP) is 2.49. The fourth-order valence-corrected chi connectivity index (χ4v) is 1.53. The number of nitrogens with one attached hydrogen (secondary N) is 1. The molecule has 1 amide bonds. The second-order valence-electron chi connectivity index (χ2n) is 4.29. The maximum atomic E-state index is 12.4. The van der Waals surface area contributed by atoms with Gasteiger partial charge >= 0.3 is 6.18 Å². The topological polar surface area (TPSA) is 47.6 Å². The Balaban J connectivity index is 2.29. The molecule has 4 nitrogen and oxygen atoms in total. The highest BCUT2D eigenvalue weighted by molar-refractivity contribution is 5.94. The molecule has 1 rings (SSSR count). The average Bonchev–Trinajstić information content (AvgIpc) is 2.45. The molecular weight excluding hydrogens is 287 g/mol. The Morgan fingerprint density at radius 3 is 2.38 bits per heavy atom. The number of rotatable bonds is 8. The molecule has 118 valence electrons. The minimum Gasteiger partial charge on any atom is -0.382 e. The molecule has 1 aromatic carbocycles. The van der Waals surface area contributed by atoms with E-state index in [0.29, 0.717) is 32.8 Å². The van der Waals surface area contributed by atoms with Gasteiger partial charge in [0.1, 0.15) is 0 Å². The zero-order valence-corrected chi connectivity index (χ0v) is 11.7. The van der Waals surface area contributed by atoms with Crippen LogP contribution in [-0.2, 0) is 15.7 Å². The summed E-state index contributed by atoms with van der Waals surface area (Å²) in [7, 11) is 1.58. The number of methoxy groups -OCH3 is 1. The number of benzene rings is 1. The fraction of sp³-hybridized carbons (Fsp3) is 0.500. The van der Waals surface area contributed by atoms with Gasteiger partial charge in [-0.05, 0) is 30.7 Å². The van der Waals surface area contributed by atoms with Crippen molar-refractivity contribution in [3.63, 3.8) is 0 Å². The molecule has 0 atom stereocenters. The molecule has 0 unspecified atom stereocenters. The minimum atomic E-state index is -4.39. The molecule has 0 saturated heterocycles. The van der Waals surface area contributed by atoms with Crippen LogP contribution in [0.4, 0.5) is 13.2 Å². The molecule has 0 aliphatic carbocycles. The van der Waals surface area contributed by atoms with Crippen LogP contribution >= 0.6 is 0 Å². The number of ether oxygens (including phenoxy) is 2. The molecule has 0 radical (unpaired) electrons. The van der Waals surface area contributed by atoms with Crippen LogP contribution in [0.2, 0.25) is 0 Å². The number of amides is 1. The van der Waals surface area contributed by atoms with Crippen molar-refractivity contribution in [1.29, 1.82) is 0 Å². The summed E-state index contributed by atoms with van der Waals surface area (Å²) in [5.74, 6) is -0.402. The van der Waals surface area contributed by atoms with Crippen LogP contribution in [0.1, 0.15) is 22.3 Å². The first kappa shape index (κ1) is 17.5. The van der Waals surface area contributed by atoms with Crippen molar-refractivity contribution in [3.05, 3.63) is 35.4 Å². The minimum absolute atomic E-state index is 0.198. The van der Waals surface area contributed by atoms with Crippen molar-refractivity contribution < 1.29 is 27.4 Å². The third kappa shape index (κ3) is 6.59. The van der Waals surface area contributed by atoms with Crippen molar-refractivity contribution in [2.24, 2.45) is 0 Å². The normalized spacial score (nSPS) is 11.4. The summed E-state index contributed by atoms with van der Waals surface area (Å²) in [6.07, 6.45) is -3.77. The van der Waals surface area contributed by atoms with Crippen molar-refractivity contribution in [2.75, 3.05) is 33.5 Å². The van der Waals surface area contributed by atoms with Crippen LogP contribution in [0.25, 0.3) is 0 Å². The van der Waals surface area contributed by atoms with Gasteiger partial charge in [0, 0.05) is 25.8 Å². The van der Waals surface area contributed by atoms with Crippen LogP contribution < -0.4 is 5.32 Å². The van der Waals surface area contributed by atoms with E-state index in [1.54, 1.807) is 7.11 Å². The number of hydrogen-bond donors (Lipinski definition) is 1. The molecule has 7 heteroatoms. The molecule has 1 N–H and O–H groups in total. The second kappa shape index (κ2) is 8.63. The number of alkyl halides is 3. The SMILES string of the molecule is COCCOCCCNC(=O)c1ccc(C(F)(F)F)cc1. The number of halogens is 3. The summed E-state index contributed by atoms with van der Waals surface area (Å²) in [6.45, 7) is 1.88. The van der Waals surface area contributed by atoms with E-state index >= 15 is 0 Å². The summed E-state index contributed by atoms with van der Waals surface area (Å²) in [6, 6.07) is 4.10. The van der Waals surface area contributed by atoms with Crippen molar-refractivity contribution in [2.45, 2.75) is 12.6 Å². The highest BCUT2D eigenvalue weighted by atomic mass is 19.4. The lowest BCUT2D eigenvalue weighted by Crippen LogP contribution is -2.25. The Labute approximate surface area is 121 Å². The van der Waals surface area contributed by atoms with Gasteiger partial charge in [-0.1, -0.05) is 0 Å². The molecule has 0 heterocycles. The quantitative estimate of drug-likeness (QED) is 0.751. The number of hydrogen-bond acceptors (Lipinski definition) is 3. The molecule has 0 aromatic heterocycles. The van der Waals surface area contributed by atoms with Crippen molar-refractivity contribution in [1.82, 2.24) is 5.32 Å². The zero-order chi connectivity index (χ0) is 15.7. The first-order valence-electron chi connectivity index (χ1n) is 6.47. The summed E-state index contributed by atoms with van der Waals surface area (Å²) in [5.41, 5.74) is -0.575. The van der Waals surface area contributed by atoms with E-state index < -0.39 is 17.6 Å². The van der Waals surface area contributed by atoms with E-state index in [2.05, 4.69) is 5.32 Å². The highest BCUT2D eigenvalue weighted by Gasteiger charge is 2.30. The fourth-order valence-electron chi connectivity index (χ4n) is 1.53. The molecule has 0 aliphatic heterocycles. The summed E-state index contributed by atoms with van der Waals surface area (Å²) < 4.78 is 47.1. The van der Waals surface area contributed by atoms with Gasteiger partial charge in [0.25, 0.3) is 5.91 Å². The first-order chi connectivity index (χ1) is 9.95. The standard InChI is InChI=1S/C14H18F3NO3/c1-20-9-10-21-8-2-7-18-13(19)11-3-5-12(6-4-11)14(15,16)17/h3-6H,2,7-10H2,1H3,(H,18,19). The van der Waals surface area contributed by atoms with Gasteiger partial charge in [0.05, 0.1) is 18.8 Å². The van der Waals surface area contributed by atoms with Gasteiger partial charge in [0.15, 0.2) is 0 Å². The third-order valence-electron chi connectivity index (χ3n) is 2.66. The second-order valence-corrected chi connectivity index (χ2v) is 4.29. The Kier molecular flexibility index (Phi) is 7.18. The number of carbonyl (C=O) groups is 1. The molecule has 0 aliphatic rings. The van der Waals surface area contributed by atoms with Crippen LogP contribution in [0.3, 0.4) is 0 Å². The summed E-state index contributed by atoms with van der Waals surface area (Å²) >= 11 is 0. The van der Waals surface area contributed by atoms with Gasteiger partial charge in [0.2, 0.25) is 0 Å². The van der Waals surface area contributed by atoms with Crippen molar-refractivity contribution in [3.8, 4) is 0 Å². The Morgan fingerprint density at radius 1 is 1.14 bits per heavy atom. The molecule has 0 fully saturated rings. The van der Waals surface area contributed by atoms with E-state index in [0.717, 1.165) is 24.3 Å². The van der Waals surface area contributed by atoms with Crippen LogP contribution in [0, 0.1) is 0 Å². The van der Waals surface area contributed by atoms with Gasteiger partial charge in [-0.2, -0.15) is 13.2 Å². The van der Waals surface area contributed by atoms with Gasteiger partial charge in [-0.25, -0.2) is 0 Å². The van der Waals surface area contributed by atoms with Gasteiger partial charge in [-0.3, -0.25) is 4.79 Å². The maximum absolute atomic E-state index is 12.4. The predicted molar refractivity (Wildman–Crippen MR) is 71.1 cm³/mol. The lowest BCUT2D eigenvalue weighted by molar-refractivity contribution is -0.137. The average molecular weight is 305 g/mol. The van der Waals surface area contributed by atoms with Gasteiger partial charge < -0.3 is 14.8 Å². The largest absolute Gasteiger partial charge is 0.416 e. The molecule has 0 saturated carbocycles. The van der Waals surface area contributed by atoms with Crippen LogP contribution in [0.15, 0.2) is 24.3 Å². The maximum Gasteiger partial charge on any atom is 0.416 e. The van der Waals surface area contributed by atoms with E-state index in [1.165, 1.54) is 0 Å². The first-order valence-corrected chi connectivity index (χ1v) is 6.47. The smallest absolute Gasteiger partial charge is 0.382 e. The van der Waals surface area contributed by atoms with Crippen LogP contribution in [-0.4, -0.2) is 39.4 Å². The van der Waals surface area contributed by atoms with E-state index in [-0.39, 0.29) is 5.56 Å². The molecule has 0 spiro atoms. The Bertz CT molecular complexity index is 432. The monoisotopic (exact) mass is 305 g/mol. The molecular formula is C14H18F3NO3. The van der Waals surface area contributed by atoms with Gasteiger partial charge in [-0.15, -0.1) is 0 Å². The number of carbonyl (C=O) groups excluding carboxylic acids is 1. The molecule has 0 bridgehead atoms. The van der Waals surface area contributed by atoms with E-state index in [9.17, 15) is 18.0 Å². The van der Waals surface area contributed by atoms with E-state index in [1.807, 2.05) is 0 Å². The zero-order valence-electron chi connectivity index (χ0n) is 11.7. The molecule has 21 heavy (non-hydrogen) atoms. The third-order valence-corrected chi connectivity index (χ3v) is 2.66. The summed E-state index contributed by atoms with van der Waals surface area (Å²) in [4.78, 5) is 11.7. The lowest BCUT2D eigenvalue weighted by Gasteiger charge is -2.08. The lowest BCUT2D eigenvalue weighted by atomic mass is 10.1. The Hall–Kier alpha value is -1.60. The Morgan fingerprint density at radius 2 is 1.81 bits per heavy atom. The van der Waals surface area contributed by atoms with Crippen LogP contribution in [0.5, 0.6) is 0 Å². The molecule has 1 aromatic rings. The highest BCUT2D eigenvalue weighted by Crippen LogP contribution is 2.28. The van der Waals surface area contributed by atoms with E-state index in [4.69, 9.17) is 9.47 Å². The van der Waals surface area contributed by atoms with Crippen molar-refractivity contribution >= 4 is 5.91 Å². The summed E-state index contributed by atoms with van der Waals surface area (Å²) in [5, 5.41) is 2.62.